The summed E-state index contributed by atoms with van der Waals surface area (Å²) in [6.07, 6.45) is 6.08. The number of amides is 3. The number of ether oxygens (including phenoxy) is 1. The summed E-state index contributed by atoms with van der Waals surface area (Å²) in [5, 5.41) is 6.16. The molecule has 0 radical (unpaired) electrons. The van der Waals surface area contributed by atoms with Crippen LogP contribution in [-0.4, -0.2) is 67.1 Å². The Morgan fingerprint density at radius 1 is 1.10 bits per heavy atom. The van der Waals surface area contributed by atoms with Gasteiger partial charge in [0.25, 0.3) is 0 Å². The van der Waals surface area contributed by atoms with Crippen molar-refractivity contribution in [3.8, 4) is 5.75 Å². The molecule has 0 spiro atoms. The van der Waals surface area contributed by atoms with Gasteiger partial charge in [-0.25, -0.2) is 4.79 Å². The van der Waals surface area contributed by atoms with Gasteiger partial charge in [0.05, 0.1) is 13.2 Å². The van der Waals surface area contributed by atoms with Crippen LogP contribution in [0.1, 0.15) is 50.1 Å². The summed E-state index contributed by atoms with van der Waals surface area (Å²) < 4.78 is 5.58. The first-order valence-electron chi connectivity index (χ1n) is 10.9. The van der Waals surface area contributed by atoms with Gasteiger partial charge in [0.15, 0.2) is 0 Å². The second-order valence-corrected chi connectivity index (χ2v) is 8.32. The van der Waals surface area contributed by atoms with Gasteiger partial charge in [0.1, 0.15) is 11.8 Å². The molecular formula is C22H32N4O3. The van der Waals surface area contributed by atoms with E-state index in [1.807, 2.05) is 18.2 Å². The van der Waals surface area contributed by atoms with Crippen molar-refractivity contribution in [1.82, 2.24) is 20.4 Å². The van der Waals surface area contributed by atoms with Crippen LogP contribution in [0.15, 0.2) is 24.3 Å². The lowest BCUT2D eigenvalue weighted by Crippen LogP contribution is -2.51. The van der Waals surface area contributed by atoms with Crippen LogP contribution < -0.4 is 15.4 Å². The number of para-hydroxylation sites is 1. The number of hydrogen-bond acceptors (Lipinski definition) is 4. The van der Waals surface area contributed by atoms with E-state index in [-0.39, 0.29) is 24.0 Å². The van der Waals surface area contributed by atoms with Crippen molar-refractivity contribution in [3.05, 3.63) is 29.8 Å². The standard InChI is InChI=1S/C22H32N4O3/c1-29-20-9-3-2-7-17(20)19(25-12-4-5-13-25)15-23-22(28)26-14-6-8-18(26)21(27)24-16-10-11-16/h2-3,7,9,16,18-19H,4-6,8,10-15H2,1H3,(H,23,28)(H,24,27). The Balaban J connectivity index is 1.42. The van der Waals surface area contributed by atoms with E-state index in [9.17, 15) is 9.59 Å². The quantitative estimate of drug-likeness (QED) is 0.737. The molecule has 3 fully saturated rings. The average molecular weight is 401 g/mol. The number of methoxy groups -OCH3 is 1. The molecule has 3 aliphatic rings. The third kappa shape index (κ3) is 4.66. The lowest BCUT2D eigenvalue weighted by molar-refractivity contribution is -0.124. The molecule has 3 amide bonds. The SMILES string of the molecule is COc1ccccc1C(CNC(=O)N1CCCC1C(=O)NC1CC1)N1CCCC1. The maximum Gasteiger partial charge on any atom is 0.318 e. The molecule has 2 N–H and O–H groups in total. The van der Waals surface area contributed by atoms with Crippen molar-refractivity contribution in [2.45, 2.75) is 56.7 Å². The highest BCUT2D eigenvalue weighted by molar-refractivity contribution is 5.88. The van der Waals surface area contributed by atoms with Crippen molar-refractivity contribution in [2.75, 3.05) is 33.3 Å². The van der Waals surface area contributed by atoms with Gasteiger partial charge in [-0.2, -0.15) is 0 Å². The van der Waals surface area contributed by atoms with Crippen molar-refractivity contribution >= 4 is 11.9 Å². The smallest absolute Gasteiger partial charge is 0.318 e. The number of carbonyl (C=O) groups excluding carboxylic acids is 2. The second-order valence-electron chi connectivity index (χ2n) is 8.32. The molecule has 158 valence electrons. The molecule has 2 heterocycles. The van der Waals surface area contributed by atoms with Crippen LogP contribution >= 0.6 is 0 Å². The lowest BCUT2D eigenvalue weighted by atomic mass is 10.0. The maximum atomic E-state index is 13.0. The van der Waals surface area contributed by atoms with E-state index in [1.165, 1.54) is 12.8 Å². The molecular weight excluding hydrogens is 368 g/mol. The molecule has 2 saturated heterocycles. The monoisotopic (exact) mass is 400 g/mol. The van der Waals surface area contributed by atoms with Crippen molar-refractivity contribution in [2.24, 2.45) is 0 Å². The van der Waals surface area contributed by atoms with Crippen molar-refractivity contribution in [1.29, 1.82) is 0 Å². The first kappa shape index (κ1) is 20.0. The molecule has 4 rings (SSSR count). The summed E-state index contributed by atoms with van der Waals surface area (Å²) in [5.41, 5.74) is 1.10. The molecule has 29 heavy (non-hydrogen) atoms. The summed E-state index contributed by atoms with van der Waals surface area (Å²) in [5.74, 6) is 0.850. The van der Waals surface area contributed by atoms with Crippen LogP contribution in [-0.2, 0) is 4.79 Å². The summed E-state index contributed by atoms with van der Waals surface area (Å²) >= 11 is 0. The van der Waals surface area contributed by atoms with Gasteiger partial charge >= 0.3 is 6.03 Å². The first-order chi connectivity index (χ1) is 14.2. The van der Waals surface area contributed by atoms with Crippen LogP contribution in [0.5, 0.6) is 5.75 Å². The topological polar surface area (TPSA) is 73.9 Å². The second kappa shape index (κ2) is 9.03. The average Bonchev–Trinajstić information content (AvgIpc) is 3.21. The number of hydrogen-bond donors (Lipinski definition) is 2. The molecule has 1 saturated carbocycles. The van der Waals surface area contributed by atoms with Crippen LogP contribution in [0.2, 0.25) is 0 Å². The molecule has 2 aliphatic heterocycles. The number of urea groups is 1. The maximum absolute atomic E-state index is 13.0. The highest BCUT2D eigenvalue weighted by atomic mass is 16.5. The van der Waals surface area contributed by atoms with Crippen LogP contribution in [0.25, 0.3) is 0 Å². The zero-order valence-electron chi connectivity index (χ0n) is 17.2. The fraction of sp³-hybridized carbons (Fsp3) is 0.636. The van der Waals surface area contributed by atoms with Crippen molar-refractivity contribution in [3.63, 3.8) is 0 Å². The van der Waals surface area contributed by atoms with Crippen molar-refractivity contribution < 1.29 is 14.3 Å². The minimum Gasteiger partial charge on any atom is -0.496 e. The molecule has 2 atom stereocenters. The molecule has 0 aromatic heterocycles. The Kier molecular flexibility index (Phi) is 6.23. The zero-order chi connectivity index (χ0) is 20.2. The number of likely N-dealkylation sites (tertiary alicyclic amines) is 2. The van der Waals surface area contributed by atoms with E-state index >= 15 is 0 Å². The van der Waals surface area contributed by atoms with E-state index in [0.717, 1.165) is 50.1 Å². The lowest BCUT2D eigenvalue weighted by Gasteiger charge is -2.31. The Labute approximate surface area is 172 Å². The number of carbonyl (C=O) groups is 2. The van der Waals surface area contributed by atoms with Crippen LogP contribution in [0, 0.1) is 0 Å². The molecule has 2 unspecified atom stereocenters. The molecule has 1 aromatic carbocycles. The van der Waals surface area contributed by atoms with Gasteiger partial charge < -0.3 is 20.3 Å². The third-order valence-corrected chi connectivity index (χ3v) is 6.27. The van der Waals surface area contributed by atoms with Crippen LogP contribution in [0.3, 0.4) is 0 Å². The van der Waals surface area contributed by atoms with Gasteiger partial charge in [-0.3, -0.25) is 9.69 Å². The minimum atomic E-state index is -0.341. The highest BCUT2D eigenvalue weighted by Gasteiger charge is 2.37. The fourth-order valence-electron chi connectivity index (χ4n) is 4.52. The number of nitrogens with one attached hydrogen (secondary N) is 2. The molecule has 7 nitrogen and oxygen atoms in total. The van der Waals surface area contributed by atoms with Gasteiger partial charge in [-0.15, -0.1) is 0 Å². The predicted molar refractivity (Wildman–Crippen MR) is 111 cm³/mol. The van der Waals surface area contributed by atoms with E-state index in [1.54, 1.807) is 12.0 Å². The third-order valence-electron chi connectivity index (χ3n) is 6.27. The van der Waals surface area contributed by atoms with Gasteiger partial charge in [-0.1, -0.05) is 18.2 Å². The molecule has 1 aliphatic carbocycles. The molecule has 1 aromatic rings. The number of rotatable bonds is 7. The van der Waals surface area contributed by atoms with Crippen LogP contribution in [0.4, 0.5) is 4.79 Å². The van der Waals surface area contributed by atoms with E-state index < -0.39 is 0 Å². The van der Waals surface area contributed by atoms with E-state index in [0.29, 0.717) is 19.1 Å². The van der Waals surface area contributed by atoms with Gasteiger partial charge in [0, 0.05) is 24.7 Å². The summed E-state index contributed by atoms with van der Waals surface area (Å²) in [7, 11) is 1.69. The molecule has 0 bridgehead atoms. The summed E-state index contributed by atoms with van der Waals surface area (Å²) in [6, 6.07) is 7.94. The largest absolute Gasteiger partial charge is 0.496 e. The predicted octanol–water partition coefficient (Wildman–Crippen LogP) is 2.28. The summed E-state index contributed by atoms with van der Waals surface area (Å²) in [4.78, 5) is 29.6. The Hall–Kier alpha value is -2.28. The Morgan fingerprint density at radius 3 is 2.59 bits per heavy atom. The molecule has 7 heteroatoms. The zero-order valence-corrected chi connectivity index (χ0v) is 17.2. The number of nitrogens with zero attached hydrogens (tertiary/aromatic N) is 2. The highest BCUT2D eigenvalue weighted by Crippen LogP contribution is 2.31. The van der Waals surface area contributed by atoms with Gasteiger partial charge in [0.2, 0.25) is 5.91 Å². The van der Waals surface area contributed by atoms with E-state index in [2.05, 4.69) is 21.6 Å². The van der Waals surface area contributed by atoms with Gasteiger partial charge in [-0.05, 0) is 57.7 Å². The first-order valence-corrected chi connectivity index (χ1v) is 10.9. The Morgan fingerprint density at radius 2 is 1.86 bits per heavy atom. The normalized spacial score (nSPS) is 23.1. The Bertz CT molecular complexity index is 731. The summed E-state index contributed by atoms with van der Waals surface area (Å²) in [6.45, 7) is 3.19. The minimum absolute atomic E-state index is 0.000900. The fourth-order valence-corrected chi connectivity index (χ4v) is 4.52. The van der Waals surface area contributed by atoms with E-state index in [4.69, 9.17) is 4.74 Å². The number of benzene rings is 1.